The van der Waals surface area contributed by atoms with Crippen LogP contribution in [-0.2, 0) is 4.79 Å². The average molecular weight is 369 g/mol. The van der Waals surface area contributed by atoms with Crippen molar-refractivity contribution in [1.82, 2.24) is 14.8 Å². The molecule has 1 heterocycles. The largest absolute Gasteiger partial charge is 0.495 e. The fourth-order valence-corrected chi connectivity index (χ4v) is 3.44. The van der Waals surface area contributed by atoms with Crippen LogP contribution in [0.3, 0.4) is 0 Å². The Bertz CT molecular complexity index is 881. The standard InChI is InChI=1S/C19H19N3O3S/c1-25-16-11-6-5-10-15(16)22-18(14-8-3-2-4-9-14)20-21-19(22)26-13-7-12-17(23)24/h2-6,8-11H,7,12-13H2,1H3,(H,23,24). The molecule has 6 nitrogen and oxygen atoms in total. The topological polar surface area (TPSA) is 77.2 Å². The van der Waals surface area contributed by atoms with E-state index >= 15 is 0 Å². The number of rotatable bonds is 8. The molecule has 0 unspecified atom stereocenters. The molecule has 1 N–H and O–H groups in total. The fraction of sp³-hybridized carbons (Fsp3) is 0.211. The summed E-state index contributed by atoms with van der Waals surface area (Å²) in [5.41, 5.74) is 1.79. The summed E-state index contributed by atoms with van der Waals surface area (Å²) in [6.07, 6.45) is 0.709. The van der Waals surface area contributed by atoms with Crippen LogP contribution in [0.4, 0.5) is 0 Å². The summed E-state index contributed by atoms with van der Waals surface area (Å²) in [5.74, 6) is 1.29. The van der Waals surface area contributed by atoms with Gasteiger partial charge in [0, 0.05) is 17.7 Å². The Morgan fingerprint density at radius 3 is 2.58 bits per heavy atom. The lowest BCUT2D eigenvalue weighted by Gasteiger charge is -2.13. The molecule has 0 aliphatic heterocycles. The number of para-hydroxylation sites is 2. The number of carboxylic acids is 1. The van der Waals surface area contributed by atoms with Gasteiger partial charge >= 0.3 is 5.97 Å². The van der Waals surface area contributed by atoms with Gasteiger partial charge in [0.25, 0.3) is 0 Å². The highest BCUT2D eigenvalue weighted by molar-refractivity contribution is 7.99. The highest BCUT2D eigenvalue weighted by atomic mass is 32.2. The van der Waals surface area contributed by atoms with E-state index in [1.54, 1.807) is 7.11 Å². The number of hydrogen-bond acceptors (Lipinski definition) is 5. The first-order chi connectivity index (χ1) is 12.7. The molecular weight excluding hydrogens is 350 g/mol. The summed E-state index contributed by atoms with van der Waals surface area (Å²) in [6, 6.07) is 17.5. The number of aliphatic carboxylic acids is 1. The number of nitrogens with zero attached hydrogens (tertiary/aromatic N) is 3. The van der Waals surface area contributed by atoms with Gasteiger partial charge in [-0.1, -0.05) is 54.2 Å². The number of thioether (sulfide) groups is 1. The normalized spacial score (nSPS) is 10.7. The molecule has 26 heavy (non-hydrogen) atoms. The van der Waals surface area contributed by atoms with Crippen LogP contribution in [0.25, 0.3) is 17.1 Å². The Morgan fingerprint density at radius 1 is 1.12 bits per heavy atom. The quantitative estimate of drug-likeness (QED) is 0.479. The maximum Gasteiger partial charge on any atom is 0.303 e. The number of methoxy groups -OCH3 is 1. The molecule has 1 aromatic heterocycles. The third-order valence-electron chi connectivity index (χ3n) is 3.76. The van der Waals surface area contributed by atoms with E-state index in [4.69, 9.17) is 9.84 Å². The lowest BCUT2D eigenvalue weighted by Crippen LogP contribution is -2.03. The number of ether oxygens (including phenoxy) is 1. The van der Waals surface area contributed by atoms with E-state index in [0.29, 0.717) is 17.3 Å². The van der Waals surface area contributed by atoms with Crippen molar-refractivity contribution >= 4 is 17.7 Å². The molecule has 7 heteroatoms. The van der Waals surface area contributed by atoms with Gasteiger partial charge in [-0.25, -0.2) is 0 Å². The van der Waals surface area contributed by atoms with Gasteiger partial charge in [0.05, 0.1) is 12.8 Å². The summed E-state index contributed by atoms with van der Waals surface area (Å²) in [5, 5.41) is 18.2. The first kappa shape index (κ1) is 18.0. The lowest BCUT2D eigenvalue weighted by atomic mass is 10.2. The minimum Gasteiger partial charge on any atom is -0.495 e. The van der Waals surface area contributed by atoms with Gasteiger partial charge in [-0.05, 0) is 18.6 Å². The Morgan fingerprint density at radius 2 is 1.85 bits per heavy atom. The van der Waals surface area contributed by atoms with E-state index < -0.39 is 5.97 Å². The van der Waals surface area contributed by atoms with Crippen LogP contribution < -0.4 is 4.74 Å². The number of hydrogen-bond donors (Lipinski definition) is 1. The molecule has 3 rings (SSSR count). The van der Waals surface area contributed by atoms with Crippen molar-refractivity contribution < 1.29 is 14.6 Å². The van der Waals surface area contributed by atoms with Gasteiger partial charge in [-0.3, -0.25) is 9.36 Å². The fourth-order valence-electron chi connectivity index (χ4n) is 2.56. The van der Waals surface area contributed by atoms with Crippen LogP contribution in [0.5, 0.6) is 5.75 Å². The minimum absolute atomic E-state index is 0.140. The van der Waals surface area contributed by atoms with E-state index in [1.807, 2.05) is 59.2 Å². The third-order valence-corrected chi connectivity index (χ3v) is 4.77. The van der Waals surface area contributed by atoms with E-state index in [9.17, 15) is 4.79 Å². The van der Waals surface area contributed by atoms with Crippen LogP contribution in [0.15, 0.2) is 59.8 Å². The van der Waals surface area contributed by atoms with Crippen LogP contribution in [0.1, 0.15) is 12.8 Å². The molecule has 134 valence electrons. The molecule has 2 aromatic carbocycles. The zero-order valence-corrected chi connectivity index (χ0v) is 15.1. The van der Waals surface area contributed by atoms with E-state index in [0.717, 1.165) is 22.8 Å². The summed E-state index contributed by atoms with van der Waals surface area (Å²) in [6.45, 7) is 0. The van der Waals surface area contributed by atoms with Crippen LogP contribution in [0.2, 0.25) is 0 Å². The lowest BCUT2D eigenvalue weighted by molar-refractivity contribution is -0.137. The maximum atomic E-state index is 10.7. The zero-order chi connectivity index (χ0) is 18.4. The Hall–Kier alpha value is -2.80. The van der Waals surface area contributed by atoms with Gasteiger partial charge in [0.1, 0.15) is 5.75 Å². The maximum absolute atomic E-state index is 10.7. The van der Waals surface area contributed by atoms with Crippen LogP contribution >= 0.6 is 11.8 Å². The Kier molecular flexibility index (Phi) is 5.91. The Balaban J connectivity index is 2.00. The van der Waals surface area contributed by atoms with E-state index in [1.165, 1.54) is 11.8 Å². The monoisotopic (exact) mass is 369 g/mol. The molecule has 0 aliphatic carbocycles. The first-order valence-electron chi connectivity index (χ1n) is 8.19. The number of carbonyl (C=O) groups is 1. The molecule has 0 bridgehead atoms. The van der Waals surface area contributed by atoms with Crippen molar-refractivity contribution in [1.29, 1.82) is 0 Å². The SMILES string of the molecule is COc1ccccc1-n1c(SCCCC(=O)O)nnc1-c1ccccc1. The van der Waals surface area contributed by atoms with Crippen molar-refractivity contribution in [3.05, 3.63) is 54.6 Å². The van der Waals surface area contributed by atoms with Crippen molar-refractivity contribution in [2.75, 3.05) is 12.9 Å². The van der Waals surface area contributed by atoms with Gasteiger partial charge in [-0.2, -0.15) is 0 Å². The first-order valence-corrected chi connectivity index (χ1v) is 9.18. The highest BCUT2D eigenvalue weighted by Gasteiger charge is 2.18. The van der Waals surface area contributed by atoms with E-state index in [-0.39, 0.29) is 6.42 Å². The second kappa shape index (κ2) is 8.53. The van der Waals surface area contributed by atoms with Crippen molar-refractivity contribution in [3.8, 4) is 22.8 Å². The number of carboxylic acid groups (broad SMARTS) is 1. The van der Waals surface area contributed by atoms with Crippen LogP contribution in [0, 0.1) is 0 Å². The zero-order valence-electron chi connectivity index (χ0n) is 14.3. The summed E-state index contributed by atoms with van der Waals surface area (Å²) in [7, 11) is 1.63. The van der Waals surface area contributed by atoms with Crippen molar-refractivity contribution in [3.63, 3.8) is 0 Å². The van der Waals surface area contributed by atoms with Crippen LogP contribution in [-0.4, -0.2) is 38.7 Å². The molecule has 0 aliphatic rings. The predicted octanol–water partition coefficient (Wildman–Crippen LogP) is 3.90. The molecule has 0 radical (unpaired) electrons. The minimum atomic E-state index is -0.790. The summed E-state index contributed by atoms with van der Waals surface area (Å²) in [4.78, 5) is 10.7. The highest BCUT2D eigenvalue weighted by Crippen LogP contribution is 2.32. The molecule has 0 fully saturated rings. The molecule has 0 saturated carbocycles. The molecular formula is C19H19N3O3S. The van der Waals surface area contributed by atoms with Gasteiger partial charge in [-0.15, -0.1) is 10.2 Å². The van der Waals surface area contributed by atoms with Gasteiger partial charge in [0.2, 0.25) is 0 Å². The van der Waals surface area contributed by atoms with Gasteiger partial charge < -0.3 is 9.84 Å². The second-order valence-corrected chi connectivity index (χ2v) is 6.59. The summed E-state index contributed by atoms with van der Waals surface area (Å²) >= 11 is 1.49. The second-order valence-electron chi connectivity index (χ2n) is 5.53. The predicted molar refractivity (Wildman–Crippen MR) is 101 cm³/mol. The molecule has 0 spiro atoms. The summed E-state index contributed by atoms with van der Waals surface area (Å²) < 4.78 is 7.47. The van der Waals surface area contributed by atoms with E-state index in [2.05, 4.69) is 10.2 Å². The molecule has 0 amide bonds. The molecule has 3 aromatic rings. The number of benzene rings is 2. The molecule has 0 atom stereocenters. The van der Waals surface area contributed by atoms with Gasteiger partial charge in [0.15, 0.2) is 11.0 Å². The Labute approximate surface area is 155 Å². The van der Waals surface area contributed by atoms with Crippen molar-refractivity contribution in [2.24, 2.45) is 0 Å². The smallest absolute Gasteiger partial charge is 0.303 e. The third kappa shape index (κ3) is 4.05. The average Bonchev–Trinajstić information content (AvgIpc) is 3.09. The number of aromatic nitrogens is 3. The molecule has 0 saturated heterocycles. The van der Waals surface area contributed by atoms with Crippen molar-refractivity contribution in [2.45, 2.75) is 18.0 Å².